The minimum absolute atomic E-state index is 0. The lowest BCUT2D eigenvalue weighted by atomic mass is 9.88. The fraction of sp³-hybridized carbons (Fsp3) is 0.391. The lowest BCUT2D eigenvalue weighted by Gasteiger charge is -2.32. The second-order valence-corrected chi connectivity index (χ2v) is 7.76. The second kappa shape index (κ2) is 11.6. The van der Waals surface area contributed by atoms with E-state index in [0.717, 1.165) is 56.1 Å². The number of piperidine rings is 1. The predicted molar refractivity (Wildman–Crippen MR) is 128 cm³/mol. The molecule has 10 heteroatoms. The molecule has 0 amide bonds. The molecule has 2 N–H and O–H groups in total. The molecule has 174 valence electrons. The van der Waals surface area contributed by atoms with E-state index in [1.807, 2.05) is 12.1 Å². The number of nitrogens with zero attached hydrogens (tertiary/aromatic N) is 5. The molecule has 2 aromatic heterocycles. The summed E-state index contributed by atoms with van der Waals surface area (Å²) in [5.41, 5.74) is 3.36. The average Bonchev–Trinajstić information content (AvgIpc) is 3.31. The van der Waals surface area contributed by atoms with Gasteiger partial charge in [-0.3, -0.25) is 5.10 Å². The van der Waals surface area contributed by atoms with Gasteiger partial charge in [-0.1, -0.05) is 6.07 Å². The lowest BCUT2D eigenvalue weighted by Crippen LogP contribution is -2.35. The first kappa shape index (κ1) is 24.5. The predicted octanol–water partition coefficient (Wildman–Crippen LogP) is 3.74. The first-order valence-corrected chi connectivity index (χ1v) is 10.6. The van der Waals surface area contributed by atoms with Gasteiger partial charge in [-0.2, -0.15) is 10.4 Å². The van der Waals surface area contributed by atoms with Gasteiger partial charge in [-0.25, -0.2) is 9.97 Å². The number of anilines is 2. The van der Waals surface area contributed by atoms with Crippen molar-refractivity contribution in [2.45, 2.75) is 18.8 Å². The second-order valence-electron chi connectivity index (χ2n) is 7.76. The van der Waals surface area contributed by atoms with Gasteiger partial charge in [0.25, 0.3) is 0 Å². The van der Waals surface area contributed by atoms with Crippen LogP contribution in [0.4, 0.5) is 11.6 Å². The van der Waals surface area contributed by atoms with E-state index in [9.17, 15) is 0 Å². The molecule has 3 heterocycles. The molecule has 1 saturated heterocycles. The van der Waals surface area contributed by atoms with Crippen molar-refractivity contribution in [3.63, 3.8) is 0 Å². The zero-order valence-corrected chi connectivity index (χ0v) is 19.6. The monoisotopic (exact) mass is 469 g/mol. The highest BCUT2D eigenvalue weighted by Crippen LogP contribution is 2.36. The SMILES string of the molecule is COCCN1CCC(c2ccc(-c3cc(Nc4cnc(C#N)cn4)n[nH]3)c(OC)c2)CC1.Cl. The number of rotatable bonds is 8. The van der Waals surface area contributed by atoms with Crippen LogP contribution in [0.5, 0.6) is 5.75 Å². The van der Waals surface area contributed by atoms with Crippen LogP contribution in [0.25, 0.3) is 11.3 Å². The summed E-state index contributed by atoms with van der Waals surface area (Å²) in [6.07, 6.45) is 5.19. The summed E-state index contributed by atoms with van der Waals surface area (Å²) >= 11 is 0. The number of nitrogens with one attached hydrogen (secondary N) is 2. The Kier molecular flexibility index (Phi) is 8.60. The molecule has 0 bridgehead atoms. The van der Waals surface area contributed by atoms with Gasteiger partial charge in [-0.05, 0) is 49.5 Å². The molecule has 0 saturated carbocycles. The maximum atomic E-state index is 8.83. The number of likely N-dealkylation sites (tertiary alicyclic amines) is 1. The Labute approximate surface area is 199 Å². The number of methoxy groups -OCH3 is 2. The molecule has 9 nitrogen and oxygen atoms in total. The molecule has 3 aromatic rings. The number of hydrogen-bond donors (Lipinski definition) is 2. The van der Waals surface area contributed by atoms with Crippen molar-refractivity contribution in [1.29, 1.82) is 5.26 Å². The quantitative estimate of drug-likeness (QED) is 0.513. The van der Waals surface area contributed by atoms with Crippen molar-refractivity contribution in [3.05, 3.63) is 47.9 Å². The van der Waals surface area contributed by atoms with Crippen LogP contribution in [0.2, 0.25) is 0 Å². The number of aromatic amines is 1. The van der Waals surface area contributed by atoms with E-state index in [-0.39, 0.29) is 18.1 Å². The minimum atomic E-state index is 0. The maximum absolute atomic E-state index is 8.83. The number of H-pyrrole nitrogens is 1. The molecule has 1 fully saturated rings. The first-order chi connectivity index (χ1) is 15.7. The van der Waals surface area contributed by atoms with Crippen LogP contribution < -0.4 is 10.1 Å². The van der Waals surface area contributed by atoms with E-state index in [1.54, 1.807) is 14.2 Å². The van der Waals surface area contributed by atoms with Gasteiger partial charge < -0.3 is 19.7 Å². The van der Waals surface area contributed by atoms with Crippen LogP contribution in [0, 0.1) is 11.3 Å². The number of nitriles is 1. The standard InChI is InChI=1S/C23H27N7O2.ClH/c1-31-10-9-30-7-5-16(6-8-30)17-3-4-19(21(11-17)32-2)20-12-22(29-28-20)27-23-15-25-18(13-24)14-26-23;/h3-4,11-12,14-16H,5-10H2,1-2H3,(H2,26,27,28,29);1H. The van der Waals surface area contributed by atoms with Crippen molar-refractivity contribution < 1.29 is 9.47 Å². The van der Waals surface area contributed by atoms with Crippen molar-refractivity contribution in [2.24, 2.45) is 0 Å². The smallest absolute Gasteiger partial charge is 0.158 e. The largest absolute Gasteiger partial charge is 0.496 e. The summed E-state index contributed by atoms with van der Waals surface area (Å²) in [5, 5.41) is 19.3. The molecule has 1 aromatic carbocycles. The summed E-state index contributed by atoms with van der Waals surface area (Å²) in [7, 11) is 3.44. The first-order valence-electron chi connectivity index (χ1n) is 10.6. The van der Waals surface area contributed by atoms with E-state index in [2.05, 4.69) is 48.6 Å². The molecular formula is C23H28ClN7O2. The van der Waals surface area contributed by atoms with E-state index in [1.165, 1.54) is 18.0 Å². The number of halogens is 1. The van der Waals surface area contributed by atoms with Crippen molar-refractivity contribution in [3.8, 4) is 23.1 Å². The Morgan fingerprint density at radius 1 is 1.15 bits per heavy atom. The zero-order valence-electron chi connectivity index (χ0n) is 18.7. The van der Waals surface area contributed by atoms with Gasteiger partial charge in [0, 0.05) is 25.3 Å². The number of ether oxygens (including phenoxy) is 2. The molecule has 33 heavy (non-hydrogen) atoms. The van der Waals surface area contributed by atoms with Crippen molar-refractivity contribution in [1.82, 2.24) is 25.1 Å². The topological polar surface area (TPSA) is 112 Å². The fourth-order valence-corrected chi connectivity index (χ4v) is 4.00. The van der Waals surface area contributed by atoms with E-state index >= 15 is 0 Å². The van der Waals surface area contributed by atoms with Crippen LogP contribution in [0.1, 0.15) is 30.0 Å². The molecule has 1 aliphatic rings. The van der Waals surface area contributed by atoms with Crippen molar-refractivity contribution in [2.75, 3.05) is 45.8 Å². The minimum Gasteiger partial charge on any atom is -0.496 e. The maximum Gasteiger partial charge on any atom is 0.158 e. The summed E-state index contributed by atoms with van der Waals surface area (Å²) in [6, 6.07) is 10.3. The number of hydrogen-bond acceptors (Lipinski definition) is 8. The van der Waals surface area contributed by atoms with Gasteiger partial charge in [-0.15, -0.1) is 12.4 Å². The lowest BCUT2D eigenvalue weighted by molar-refractivity contribution is 0.130. The van der Waals surface area contributed by atoms with E-state index in [4.69, 9.17) is 14.7 Å². The highest BCUT2D eigenvalue weighted by Gasteiger charge is 2.22. The molecule has 4 rings (SSSR count). The number of aromatic nitrogens is 4. The van der Waals surface area contributed by atoms with Gasteiger partial charge in [0.05, 0.1) is 31.8 Å². The summed E-state index contributed by atoms with van der Waals surface area (Å²) in [6.45, 7) is 3.96. The summed E-state index contributed by atoms with van der Waals surface area (Å²) in [5.74, 6) is 2.47. The van der Waals surface area contributed by atoms with Crippen LogP contribution >= 0.6 is 12.4 Å². The zero-order chi connectivity index (χ0) is 22.3. The van der Waals surface area contributed by atoms with Gasteiger partial charge >= 0.3 is 0 Å². The van der Waals surface area contributed by atoms with Gasteiger partial charge in [0.15, 0.2) is 11.5 Å². The van der Waals surface area contributed by atoms with E-state index in [0.29, 0.717) is 17.6 Å². The molecule has 0 radical (unpaired) electrons. The third kappa shape index (κ3) is 5.99. The Morgan fingerprint density at radius 2 is 1.97 bits per heavy atom. The van der Waals surface area contributed by atoms with Gasteiger partial charge in [0.2, 0.25) is 0 Å². The van der Waals surface area contributed by atoms with Crippen LogP contribution in [0.3, 0.4) is 0 Å². The third-order valence-corrected chi connectivity index (χ3v) is 5.79. The Hall–Kier alpha value is -3.19. The molecule has 0 atom stereocenters. The molecule has 1 aliphatic heterocycles. The normalized spacial score (nSPS) is 14.3. The third-order valence-electron chi connectivity index (χ3n) is 5.79. The highest BCUT2D eigenvalue weighted by molar-refractivity contribution is 5.85. The molecule has 0 aliphatic carbocycles. The van der Waals surface area contributed by atoms with Crippen LogP contribution in [0.15, 0.2) is 36.7 Å². The summed E-state index contributed by atoms with van der Waals surface area (Å²) in [4.78, 5) is 10.6. The highest BCUT2D eigenvalue weighted by atomic mass is 35.5. The molecule has 0 unspecified atom stereocenters. The van der Waals surface area contributed by atoms with Crippen LogP contribution in [-0.2, 0) is 4.74 Å². The van der Waals surface area contributed by atoms with E-state index < -0.39 is 0 Å². The molecule has 0 spiro atoms. The Balaban J connectivity index is 0.00000306. The Bertz CT molecular complexity index is 1070. The summed E-state index contributed by atoms with van der Waals surface area (Å²) < 4.78 is 10.9. The van der Waals surface area contributed by atoms with Crippen LogP contribution in [-0.4, -0.2) is 65.5 Å². The van der Waals surface area contributed by atoms with Gasteiger partial charge in [0.1, 0.15) is 17.6 Å². The fourth-order valence-electron chi connectivity index (χ4n) is 4.00. The average molecular weight is 470 g/mol. The van der Waals surface area contributed by atoms with Crippen molar-refractivity contribution >= 4 is 24.0 Å². The number of benzene rings is 1. The Morgan fingerprint density at radius 3 is 2.64 bits per heavy atom. The molecular weight excluding hydrogens is 442 g/mol.